The van der Waals surface area contributed by atoms with Crippen molar-refractivity contribution >= 4 is 21.6 Å². The van der Waals surface area contributed by atoms with E-state index in [0.717, 1.165) is 27.9 Å². The van der Waals surface area contributed by atoms with Gasteiger partial charge in [0.05, 0.1) is 6.54 Å². The average Bonchev–Trinajstić information content (AvgIpc) is 2.82. The fraction of sp³-hybridized carbons (Fsp3) is 0.250. The summed E-state index contributed by atoms with van der Waals surface area (Å²) < 4.78 is 20.1. The van der Waals surface area contributed by atoms with Crippen molar-refractivity contribution in [3.63, 3.8) is 0 Å². The van der Waals surface area contributed by atoms with E-state index in [9.17, 15) is 4.39 Å². The third-order valence-corrected chi connectivity index (χ3v) is 4.41. The summed E-state index contributed by atoms with van der Waals surface area (Å²) in [6.07, 6.45) is 0.790. The molecule has 1 atom stereocenters. The van der Waals surface area contributed by atoms with Crippen molar-refractivity contribution in [3.8, 4) is 5.75 Å². The predicted molar refractivity (Wildman–Crippen MR) is 81.9 cm³/mol. The lowest BCUT2D eigenvalue weighted by molar-refractivity contribution is 0.246. The van der Waals surface area contributed by atoms with E-state index in [4.69, 9.17) is 4.74 Å². The van der Waals surface area contributed by atoms with Crippen molar-refractivity contribution in [1.82, 2.24) is 0 Å². The first-order valence-electron chi connectivity index (χ1n) is 6.57. The SMILES string of the molecule is Cc1c(Br)cccc1NCC1Cc2cc(F)ccc2O1. The summed E-state index contributed by atoms with van der Waals surface area (Å²) in [6, 6.07) is 10.8. The lowest BCUT2D eigenvalue weighted by Crippen LogP contribution is -2.24. The van der Waals surface area contributed by atoms with Gasteiger partial charge in [0.2, 0.25) is 0 Å². The van der Waals surface area contributed by atoms with Gasteiger partial charge in [-0.05, 0) is 42.8 Å². The number of hydrogen-bond donors (Lipinski definition) is 1. The van der Waals surface area contributed by atoms with Crippen molar-refractivity contribution in [2.45, 2.75) is 19.4 Å². The molecule has 1 N–H and O–H groups in total. The third kappa shape index (κ3) is 2.66. The molecule has 1 aliphatic heterocycles. The fourth-order valence-corrected chi connectivity index (χ4v) is 2.79. The highest BCUT2D eigenvalue weighted by molar-refractivity contribution is 9.10. The van der Waals surface area contributed by atoms with Crippen LogP contribution in [0, 0.1) is 12.7 Å². The van der Waals surface area contributed by atoms with Gasteiger partial charge in [-0.2, -0.15) is 0 Å². The van der Waals surface area contributed by atoms with Crippen LogP contribution in [0.2, 0.25) is 0 Å². The van der Waals surface area contributed by atoms with E-state index in [1.165, 1.54) is 11.6 Å². The Morgan fingerprint density at radius 2 is 2.20 bits per heavy atom. The third-order valence-electron chi connectivity index (χ3n) is 3.55. The highest BCUT2D eigenvalue weighted by Crippen LogP contribution is 2.30. The minimum Gasteiger partial charge on any atom is -0.488 e. The monoisotopic (exact) mass is 335 g/mol. The molecule has 0 saturated heterocycles. The molecule has 2 aromatic rings. The molecule has 1 unspecified atom stereocenters. The second-order valence-corrected chi connectivity index (χ2v) is 5.84. The highest BCUT2D eigenvalue weighted by atomic mass is 79.9. The summed E-state index contributed by atoms with van der Waals surface area (Å²) in [5.74, 6) is 0.591. The predicted octanol–water partition coefficient (Wildman–Crippen LogP) is 4.31. The molecular formula is C16H15BrFNO. The normalized spacial score (nSPS) is 16.6. The molecule has 0 bridgehead atoms. The summed E-state index contributed by atoms with van der Waals surface area (Å²) in [6.45, 7) is 2.76. The van der Waals surface area contributed by atoms with E-state index in [1.54, 1.807) is 12.1 Å². The topological polar surface area (TPSA) is 21.3 Å². The number of nitrogens with one attached hydrogen (secondary N) is 1. The first-order chi connectivity index (χ1) is 9.63. The quantitative estimate of drug-likeness (QED) is 0.902. The van der Waals surface area contributed by atoms with Crippen LogP contribution >= 0.6 is 15.9 Å². The van der Waals surface area contributed by atoms with Gasteiger partial charge in [0.15, 0.2) is 0 Å². The molecule has 1 aliphatic rings. The minimum absolute atomic E-state index is 0.0465. The van der Waals surface area contributed by atoms with Crippen LogP contribution < -0.4 is 10.1 Å². The lowest BCUT2D eigenvalue weighted by atomic mass is 10.1. The van der Waals surface area contributed by atoms with Gasteiger partial charge in [0.25, 0.3) is 0 Å². The smallest absolute Gasteiger partial charge is 0.123 e. The van der Waals surface area contributed by atoms with Crippen LogP contribution in [0.25, 0.3) is 0 Å². The summed E-state index contributed by atoms with van der Waals surface area (Å²) in [5, 5.41) is 3.40. The zero-order chi connectivity index (χ0) is 14.1. The number of benzene rings is 2. The zero-order valence-electron chi connectivity index (χ0n) is 11.1. The summed E-state index contributed by atoms with van der Waals surface area (Å²) in [4.78, 5) is 0. The number of fused-ring (bicyclic) bond motifs is 1. The number of ether oxygens (including phenoxy) is 1. The highest BCUT2D eigenvalue weighted by Gasteiger charge is 2.23. The van der Waals surface area contributed by atoms with Crippen molar-refractivity contribution in [2.75, 3.05) is 11.9 Å². The Bertz CT molecular complexity index is 644. The molecule has 0 aromatic heterocycles. The van der Waals surface area contributed by atoms with E-state index in [2.05, 4.69) is 28.2 Å². The molecule has 0 spiro atoms. The largest absolute Gasteiger partial charge is 0.488 e. The van der Waals surface area contributed by atoms with Crippen molar-refractivity contribution in [2.24, 2.45) is 0 Å². The van der Waals surface area contributed by atoms with E-state index in [0.29, 0.717) is 6.54 Å². The summed E-state index contributed by atoms with van der Waals surface area (Å²) in [5.41, 5.74) is 3.21. The molecule has 0 aliphatic carbocycles. The first kappa shape index (κ1) is 13.4. The van der Waals surface area contributed by atoms with Gasteiger partial charge in [-0.15, -0.1) is 0 Å². The van der Waals surface area contributed by atoms with Crippen LogP contribution in [0.1, 0.15) is 11.1 Å². The maximum Gasteiger partial charge on any atom is 0.123 e. The minimum atomic E-state index is -0.205. The molecular weight excluding hydrogens is 321 g/mol. The Labute approximate surface area is 126 Å². The van der Waals surface area contributed by atoms with Gasteiger partial charge in [-0.3, -0.25) is 0 Å². The van der Waals surface area contributed by atoms with Gasteiger partial charge in [0, 0.05) is 22.1 Å². The van der Waals surface area contributed by atoms with Gasteiger partial charge >= 0.3 is 0 Å². The molecule has 1 heterocycles. The molecule has 0 fully saturated rings. The van der Waals surface area contributed by atoms with Crippen molar-refractivity contribution < 1.29 is 9.13 Å². The van der Waals surface area contributed by atoms with Gasteiger partial charge in [0.1, 0.15) is 17.7 Å². The second kappa shape index (κ2) is 5.44. The summed E-state index contributed by atoms with van der Waals surface area (Å²) in [7, 11) is 0. The van der Waals surface area contributed by atoms with Crippen LogP contribution in [-0.2, 0) is 6.42 Å². The maximum absolute atomic E-state index is 13.2. The van der Waals surface area contributed by atoms with Crippen LogP contribution in [0.5, 0.6) is 5.75 Å². The van der Waals surface area contributed by atoms with Gasteiger partial charge in [-0.25, -0.2) is 4.39 Å². The van der Waals surface area contributed by atoms with Crippen molar-refractivity contribution in [3.05, 3.63) is 57.8 Å². The first-order valence-corrected chi connectivity index (χ1v) is 7.37. The molecule has 2 nitrogen and oxygen atoms in total. The van der Waals surface area contributed by atoms with Crippen molar-refractivity contribution in [1.29, 1.82) is 0 Å². The Balaban J connectivity index is 1.65. The van der Waals surface area contributed by atoms with Crippen LogP contribution in [0.4, 0.5) is 10.1 Å². The van der Waals surface area contributed by atoms with E-state index in [1.807, 2.05) is 18.2 Å². The van der Waals surface area contributed by atoms with Crippen LogP contribution in [0.15, 0.2) is 40.9 Å². The Kier molecular flexibility index (Phi) is 3.66. The number of anilines is 1. The molecule has 0 radical (unpaired) electrons. The fourth-order valence-electron chi connectivity index (χ4n) is 2.43. The number of halogens is 2. The maximum atomic E-state index is 13.2. The van der Waals surface area contributed by atoms with E-state index >= 15 is 0 Å². The van der Waals surface area contributed by atoms with Gasteiger partial charge in [-0.1, -0.05) is 22.0 Å². The second-order valence-electron chi connectivity index (χ2n) is 4.99. The number of rotatable bonds is 3. The lowest BCUT2D eigenvalue weighted by Gasteiger charge is -2.15. The van der Waals surface area contributed by atoms with Gasteiger partial charge < -0.3 is 10.1 Å². The average molecular weight is 336 g/mol. The molecule has 0 amide bonds. The molecule has 20 heavy (non-hydrogen) atoms. The van der Waals surface area contributed by atoms with E-state index in [-0.39, 0.29) is 11.9 Å². The van der Waals surface area contributed by atoms with E-state index < -0.39 is 0 Å². The molecule has 3 rings (SSSR count). The zero-order valence-corrected chi connectivity index (χ0v) is 12.7. The molecule has 2 aromatic carbocycles. The number of hydrogen-bond acceptors (Lipinski definition) is 2. The summed E-state index contributed by atoms with van der Waals surface area (Å²) >= 11 is 3.52. The molecule has 104 valence electrons. The Morgan fingerprint density at radius 3 is 3.05 bits per heavy atom. The molecule has 4 heteroatoms. The Hall–Kier alpha value is -1.55. The van der Waals surface area contributed by atoms with Crippen LogP contribution in [-0.4, -0.2) is 12.6 Å². The van der Waals surface area contributed by atoms with Crippen LogP contribution in [0.3, 0.4) is 0 Å². The Morgan fingerprint density at radius 1 is 1.35 bits per heavy atom. The standard InChI is InChI=1S/C16H15BrFNO/c1-10-14(17)3-2-4-15(10)19-9-13-8-11-7-12(18)5-6-16(11)20-13/h2-7,13,19H,8-9H2,1H3. The molecule has 0 saturated carbocycles.